The van der Waals surface area contributed by atoms with Gasteiger partial charge in [-0.05, 0) is 35.9 Å². The van der Waals surface area contributed by atoms with Crippen LogP contribution >= 0.6 is 22.9 Å². The predicted octanol–water partition coefficient (Wildman–Crippen LogP) is 5.23. The van der Waals surface area contributed by atoms with Crippen LogP contribution in [0.25, 0.3) is 10.4 Å². The minimum atomic E-state index is -4.53. The van der Waals surface area contributed by atoms with Gasteiger partial charge in [0.25, 0.3) is 5.91 Å². The molecule has 2 aromatic carbocycles. The molecular weight excluding hydrogens is 429 g/mol. The molecule has 0 radical (unpaired) electrons. The van der Waals surface area contributed by atoms with Crippen molar-refractivity contribution in [2.75, 3.05) is 10.6 Å². The zero-order valence-corrected chi connectivity index (χ0v) is 16.0. The Kier molecular flexibility index (Phi) is 5.76. The molecule has 3 aromatic rings. The smallest absolute Gasteiger partial charge is 0.364 e. The first-order valence-corrected chi connectivity index (χ1v) is 9.14. The zero-order valence-electron chi connectivity index (χ0n) is 14.4. The average molecular weight is 441 g/mol. The Balaban J connectivity index is 1.66. The van der Waals surface area contributed by atoms with E-state index in [0.717, 1.165) is 40.0 Å². The van der Waals surface area contributed by atoms with Gasteiger partial charge in [0.2, 0.25) is 0 Å². The van der Waals surface area contributed by atoms with Crippen LogP contribution in [0.15, 0.2) is 48.7 Å². The van der Waals surface area contributed by atoms with Crippen molar-refractivity contribution in [2.45, 2.75) is 6.18 Å². The molecule has 3 amide bonds. The maximum Gasteiger partial charge on any atom is 0.416 e. The van der Waals surface area contributed by atoms with Gasteiger partial charge in [-0.1, -0.05) is 23.7 Å². The monoisotopic (exact) mass is 440 g/mol. The van der Waals surface area contributed by atoms with Gasteiger partial charge in [-0.25, -0.2) is 9.78 Å². The van der Waals surface area contributed by atoms with Crippen LogP contribution in [0.4, 0.5) is 29.3 Å². The van der Waals surface area contributed by atoms with E-state index in [2.05, 4.69) is 15.6 Å². The normalized spacial score (nSPS) is 11.2. The number of aromatic nitrogens is 1. The number of hydrogen-bond acceptors (Lipinski definition) is 4. The van der Waals surface area contributed by atoms with E-state index in [1.165, 1.54) is 6.20 Å². The SMILES string of the molecule is NC(=O)c1ncc(-c2ccc(NC(=O)Nc3ccc(C(F)(F)F)cc3Cl)cc2)s1. The molecule has 3 rings (SSSR count). The molecular formula is C18H12ClF3N4O2S. The topological polar surface area (TPSA) is 97.1 Å². The zero-order chi connectivity index (χ0) is 21.2. The van der Waals surface area contributed by atoms with Gasteiger partial charge in [-0.2, -0.15) is 13.2 Å². The summed E-state index contributed by atoms with van der Waals surface area (Å²) >= 11 is 6.96. The number of anilines is 2. The fourth-order valence-corrected chi connectivity index (χ4v) is 3.32. The second-order valence-electron chi connectivity index (χ2n) is 5.74. The van der Waals surface area contributed by atoms with Crippen molar-refractivity contribution in [3.05, 3.63) is 64.3 Å². The van der Waals surface area contributed by atoms with Crippen molar-refractivity contribution >= 4 is 46.3 Å². The standard InChI is InChI=1S/C18H12ClF3N4O2S/c19-12-7-10(18(20,21)22)3-6-13(12)26-17(28)25-11-4-1-9(2-5-11)14-8-24-16(29-14)15(23)27/h1-8H,(H2,23,27)(H2,25,26,28). The van der Waals surface area contributed by atoms with Gasteiger partial charge in [0.05, 0.1) is 21.2 Å². The molecule has 150 valence electrons. The van der Waals surface area contributed by atoms with Crippen LogP contribution in [0.5, 0.6) is 0 Å². The molecule has 0 bridgehead atoms. The Bertz CT molecular complexity index is 1070. The molecule has 0 saturated carbocycles. The highest BCUT2D eigenvalue weighted by Crippen LogP contribution is 2.34. The van der Waals surface area contributed by atoms with E-state index < -0.39 is 23.7 Å². The van der Waals surface area contributed by atoms with Crippen LogP contribution < -0.4 is 16.4 Å². The first-order valence-electron chi connectivity index (χ1n) is 7.94. The fraction of sp³-hybridized carbons (Fsp3) is 0.0556. The summed E-state index contributed by atoms with van der Waals surface area (Å²) in [6.45, 7) is 0. The summed E-state index contributed by atoms with van der Waals surface area (Å²) in [7, 11) is 0. The summed E-state index contributed by atoms with van der Waals surface area (Å²) in [6, 6.07) is 8.62. The number of alkyl halides is 3. The molecule has 6 nitrogen and oxygen atoms in total. The third-order valence-corrected chi connectivity index (χ3v) is 5.06. The lowest BCUT2D eigenvalue weighted by atomic mass is 10.2. The molecule has 0 atom stereocenters. The second kappa shape index (κ2) is 8.10. The number of carbonyl (C=O) groups is 2. The molecule has 0 aliphatic rings. The third kappa shape index (κ3) is 5.04. The van der Waals surface area contributed by atoms with Gasteiger partial charge in [-0.3, -0.25) is 4.79 Å². The summed E-state index contributed by atoms with van der Waals surface area (Å²) in [5.41, 5.74) is 5.51. The molecule has 0 aliphatic carbocycles. The first kappa shape index (κ1) is 20.6. The molecule has 0 saturated heterocycles. The van der Waals surface area contributed by atoms with Crippen molar-refractivity contribution in [1.82, 2.24) is 4.98 Å². The molecule has 1 heterocycles. The highest BCUT2D eigenvalue weighted by Gasteiger charge is 2.31. The highest BCUT2D eigenvalue weighted by atomic mass is 35.5. The lowest BCUT2D eigenvalue weighted by Crippen LogP contribution is -2.19. The Morgan fingerprint density at radius 1 is 1.07 bits per heavy atom. The van der Waals surface area contributed by atoms with Gasteiger partial charge in [-0.15, -0.1) is 11.3 Å². The van der Waals surface area contributed by atoms with Gasteiger partial charge in [0.1, 0.15) is 0 Å². The van der Waals surface area contributed by atoms with Gasteiger partial charge >= 0.3 is 12.2 Å². The number of halogens is 4. The number of amides is 3. The molecule has 0 aliphatic heterocycles. The number of nitrogens with two attached hydrogens (primary N) is 1. The summed E-state index contributed by atoms with van der Waals surface area (Å²) in [5.74, 6) is -0.613. The Morgan fingerprint density at radius 2 is 1.76 bits per heavy atom. The number of nitrogens with zero attached hydrogens (tertiary/aromatic N) is 1. The van der Waals surface area contributed by atoms with Crippen LogP contribution in [-0.4, -0.2) is 16.9 Å². The van der Waals surface area contributed by atoms with Crippen molar-refractivity contribution in [2.24, 2.45) is 5.73 Å². The fourth-order valence-electron chi connectivity index (χ4n) is 2.32. The Morgan fingerprint density at radius 3 is 2.31 bits per heavy atom. The van der Waals surface area contributed by atoms with Crippen LogP contribution in [-0.2, 0) is 6.18 Å². The third-order valence-electron chi connectivity index (χ3n) is 3.69. The summed E-state index contributed by atoms with van der Waals surface area (Å²) in [6.07, 6.45) is -3.00. The number of benzene rings is 2. The number of urea groups is 1. The Hall–Kier alpha value is -3.11. The summed E-state index contributed by atoms with van der Waals surface area (Å²) < 4.78 is 38.0. The minimum absolute atomic E-state index is 0.0393. The molecule has 29 heavy (non-hydrogen) atoms. The van der Waals surface area contributed by atoms with Crippen LogP contribution in [0.3, 0.4) is 0 Å². The quantitative estimate of drug-likeness (QED) is 0.518. The number of thiazole rings is 1. The largest absolute Gasteiger partial charge is 0.416 e. The summed E-state index contributed by atoms with van der Waals surface area (Å²) in [5, 5.41) is 4.89. The Labute approximate surface area is 171 Å². The number of hydrogen-bond donors (Lipinski definition) is 3. The van der Waals surface area contributed by atoms with E-state index in [0.29, 0.717) is 5.69 Å². The maximum absolute atomic E-state index is 12.7. The first-order chi connectivity index (χ1) is 13.6. The highest BCUT2D eigenvalue weighted by molar-refractivity contribution is 7.16. The molecule has 0 spiro atoms. The van der Waals surface area contributed by atoms with E-state index in [-0.39, 0.29) is 15.7 Å². The lowest BCUT2D eigenvalue weighted by molar-refractivity contribution is -0.137. The molecule has 4 N–H and O–H groups in total. The second-order valence-corrected chi connectivity index (χ2v) is 7.18. The summed E-state index contributed by atoms with van der Waals surface area (Å²) in [4.78, 5) is 27.8. The van der Waals surface area contributed by atoms with E-state index in [1.807, 2.05) is 0 Å². The molecule has 11 heteroatoms. The number of nitrogens with one attached hydrogen (secondary N) is 2. The van der Waals surface area contributed by atoms with E-state index >= 15 is 0 Å². The molecule has 0 fully saturated rings. The van der Waals surface area contributed by atoms with E-state index in [9.17, 15) is 22.8 Å². The van der Waals surface area contributed by atoms with Gasteiger partial charge < -0.3 is 16.4 Å². The van der Waals surface area contributed by atoms with E-state index in [4.69, 9.17) is 17.3 Å². The molecule has 1 aromatic heterocycles. The van der Waals surface area contributed by atoms with Crippen molar-refractivity contribution in [1.29, 1.82) is 0 Å². The maximum atomic E-state index is 12.7. The van der Waals surface area contributed by atoms with Crippen molar-refractivity contribution < 1.29 is 22.8 Å². The van der Waals surface area contributed by atoms with Crippen molar-refractivity contribution in [3.8, 4) is 10.4 Å². The van der Waals surface area contributed by atoms with Crippen LogP contribution in [0.1, 0.15) is 15.4 Å². The lowest BCUT2D eigenvalue weighted by Gasteiger charge is -2.12. The average Bonchev–Trinajstić information content (AvgIpc) is 3.13. The number of carbonyl (C=O) groups excluding carboxylic acids is 2. The number of primary amides is 1. The minimum Gasteiger partial charge on any atom is -0.364 e. The van der Waals surface area contributed by atoms with Crippen LogP contribution in [0, 0.1) is 0 Å². The van der Waals surface area contributed by atoms with E-state index in [1.54, 1.807) is 24.3 Å². The van der Waals surface area contributed by atoms with Crippen molar-refractivity contribution in [3.63, 3.8) is 0 Å². The van der Waals surface area contributed by atoms with Gasteiger partial charge in [0.15, 0.2) is 5.01 Å². The van der Waals surface area contributed by atoms with Crippen LogP contribution in [0.2, 0.25) is 5.02 Å². The number of rotatable bonds is 4. The predicted molar refractivity (Wildman–Crippen MR) is 105 cm³/mol. The molecule has 0 unspecified atom stereocenters. The van der Waals surface area contributed by atoms with Gasteiger partial charge in [0, 0.05) is 11.9 Å².